The summed E-state index contributed by atoms with van der Waals surface area (Å²) in [5.74, 6) is 0. The highest BCUT2D eigenvalue weighted by Gasteiger charge is 2.28. The molecule has 19 heavy (non-hydrogen) atoms. The first-order valence-corrected chi connectivity index (χ1v) is 6.42. The number of hydrogen-bond acceptors (Lipinski definition) is 5. The molecule has 2 heterocycles. The highest BCUT2D eigenvalue weighted by molar-refractivity contribution is 5.68. The monoisotopic (exact) mass is 264 g/mol. The van der Waals surface area contributed by atoms with Gasteiger partial charge in [-0.25, -0.2) is 14.8 Å². The number of nitrogens with zero attached hydrogens (tertiary/aromatic N) is 3. The Bertz CT molecular complexity index is 430. The maximum absolute atomic E-state index is 12.0. The minimum Gasteiger partial charge on any atom is -0.444 e. The second kappa shape index (κ2) is 5.52. The molecule has 1 amide bonds. The Balaban J connectivity index is 2.00. The zero-order chi connectivity index (χ0) is 13.9. The van der Waals surface area contributed by atoms with Gasteiger partial charge in [-0.2, -0.15) is 0 Å². The van der Waals surface area contributed by atoms with Crippen molar-refractivity contribution in [2.24, 2.45) is 0 Å². The van der Waals surface area contributed by atoms with E-state index in [-0.39, 0.29) is 12.1 Å². The van der Waals surface area contributed by atoms with E-state index in [0.717, 1.165) is 12.1 Å². The summed E-state index contributed by atoms with van der Waals surface area (Å²) in [5, 5.41) is 3.35. The Labute approximate surface area is 113 Å². The lowest BCUT2D eigenvalue weighted by molar-refractivity contribution is 0.0195. The minimum absolute atomic E-state index is 0.0578. The number of nitrogens with one attached hydrogen (secondary N) is 1. The molecule has 2 rings (SSSR count). The van der Waals surface area contributed by atoms with E-state index in [2.05, 4.69) is 15.3 Å². The van der Waals surface area contributed by atoms with Gasteiger partial charge >= 0.3 is 6.09 Å². The molecule has 0 aromatic carbocycles. The van der Waals surface area contributed by atoms with E-state index in [0.29, 0.717) is 13.1 Å². The molecule has 6 nitrogen and oxygen atoms in total. The van der Waals surface area contributed by atoms with E-state index >= 15 is 0 Å². The van der Waals surface area contributed by atoms with Crippen molar-refractivity contribution in [2.75, 3.05) is 19.6 Å². The van der Waals surface area contributed by atoms with Gasteiger partial charge in [0, 0.05) is 37.6 Å². The predicted molar refractivity (Wildman–Crippen MR) is 70.6 cm³/mol. The van der Waals surface area contributed by atoms with Gasteiger partial charge in [-0.15, -0.1) is 0 Å². The van der Waals surface area contributed by atoms with Crippen molar-refractivity contribution in [3.63, 3.8) is 0 Å². The maximum Gasteiger partial charge on any atom is 0.410 e. The molecule has 1 unspecified atom stereocenters. The van der Waals surface area contributed by atoms with E-state index in [9.17, 15) is 4.79 Å². The zero-order valence-corrected chi connectivity index (χ0v) is 11.6. The smallest absolute Gasteiger partial charge is 0.410 e. The topological polar surface area (TPSA) is 67.3 Å². The van der Waals surface area contributed by atoms with E-state index in [4.69, 9.17) is 4.74 Å². The molecule has 1 saturated heterocycles. The summed E-state index contributed by atoms with van der Waals surface area (Å²) in [5.41, 5.74) is 0.517. The third-order valence-corrected chi connectivity index (χ3v) is 2.81. The van der Waals surface area contributed by atoms with Crippen molar-refractivity contribution in [3.05, 3.63) is 24.3 Å². The highest BCUT2D eigenvalue weighted by Crippen LogP contribution is 2.17. The lowest BCUT2D eigenvalue weighted by Gasteiger charge is -2.34. The zero-order valence-electron chi connectivity index (χ0n) is 11.6. The third-order valence-electron chi connectivity index (χ3n) is 2.81. The molecule has 6 heteroatoms. The van der Waals surface area contributed by atoms with Gasteiger partial charge in [0.1, 0.15) is 11.9 Å². The number of carbonyl (C=O) groups excluding carboxylic acids is 1. The van der Waals surface area contributed by atoms with Crippen molar-refractivity contribution in [2.45, 2.75) is 32.4 Å². The normalized spacial score (nSPS) is 20.2. The van der Waals surface area contributed by atoms with Crippen LogP contribution in [0.1, 0.15) is 32.4 Å². The van der Waals surface area contributed by atoms with Crippen molar-refractivity contribution in [3.8, 4) is 0 Å². The van der Waals surface area contributed by atoms with Gasteiger partial charge in [0.2, 0.25) is 0 Å². The third kappa shape index (κ3) is 3.89. The van der Waals surface area contributed by atoms with Crippen LogP contribution in [0.25, 0.3) is 0 Å². The Morgan fingerprint density at radius 2 is 2.11 bits per heavy atom. The fourth-order valence-electron chi connectivity index (χ4n) is 1.96. The Morgan fingerprint density at radius 1 is 1.42 bits per heavy atom. The minimum atomic E-state index is -0.465. The number of piperazine rings is 1. The number of hydrogen-bond donors (Lipinski definition) is 1. The molecule has 0 radical (unpaired) electrons. The predicted octanol–water partition coefficient (Wildman–Crippen LogP) is 1.36. The van der Waals surface area contributed by atoms with E-state index in [1.165, 1.54) is 6.33 Å². The SMILES string of the molecule is CC(C)(C)OC(=O)N1CCNC(c2cncnc2)C1. The summed E-state index contributed by atoms with van der Waals surface area (Å²) in [4.78, 5) is 21.8. The number of amides is 1. The van der Waals surface area contributed by atoms with Crippen molar-refractivity contribution in [1.82, 2.24) is 20.2 Å². The fraction of sp³-hybridized carbons (Fsp3) is 0.615. The first kappa shape index (κ1) is 13.7. The van der Waals surface area contributed by atoms with Crippen LogP contribution in [0, 0.1) is 0 Å². The second-order valence-corrected chi connectivity index (χ2v) is 5.60. The number of rotatable bonds is 1. The molecule has 0 bridgehead atoms. The van der Waals surface area contributed by atoms with Crippen LogP contribution in [0.2, 0.25) is 0 Å². The van der Waals surface area contributed by atoms with Crippen LogP contribution in [-0.2, 0) is 4.74 Å². The molecule has 1 aromatic rings. The number of ether oxygens (including phenoxy) is 1. The molecule has 1 aliphatic heterocycles. The van der Waals surface area contributed by atoms with Gasteiger partial charge in [0.25, 0.3) is 0 Å². The molecule has 0 saturated carbocycles. The van der Waals surface area contributed by atoms with Crippen LogP contribution in [0.4, 0.5) is 4.79 Å². The van der Waals surface area contributed by atoms with E-state index < -0.39 is 5.60 Å². The highest BCUT2D eigenvalue weighted by atomic mass is 16.6. The second-order valence-electron chi connectivity index (χ2n) is 5.60. The van der Waals surface area contributed by atoms with E-state index in [1.54, 1.807) is 17.3 Å². The summed E-state index contributed by atoms with van der Waals surface area (Å²) >= 11 is 0. The van der Waals surface area contributed by atoms with Crippen LogP contribution in [0.5, 0.6) is 0 Å². The van der Waals surface area contributed by atoms with Gasteiger partial charge in [0.15, 0.2) is 0 Å². The molecule has 1 atom stereocenters. The van der Waals surface area contributed by atoms with E-state index in [1.807, 2.05) is 20.8 Å². The van der Waals surface area contributed by atoms with Crippen LogP contribution in [0.15, 0.2) is 18.7 Å². The first-order chi connectivity index (χ1) is 8.96. The fourth-order valence-corrected chi connectivity index (χ4v) is 1.96. The summed E-state index contributed by atoms with van der Waals surface area (Å²) in [6.45, 7) is 7.57. The van der Waals surface area contributed by atoms with Crippen LogP contribution < -0.4 is 5.32 Å². The molecule has 1 N–H and O–H groups in total. The molecule has 1 fully saturated rings. The summed E-state index contributed by atoms with van der Waals surface area (Å²) < 4.78 is 5.39. The van der Waals surface area contributed by atoms with Crippen LogP contribution in [0.3, 0.4) is 0 Å². The molecule has 0 aliphatic carbocycles. The molecule has 1 aromatic heterocycles. The van der Waals surface area contributed by atoms with Gasteiger partial charge in [0.05, 0.1) is 6.04 Å². The molecule has 0 spiro atoms. The van der Waals surface area contributed by atoms with Crippen molar-refractivity contribution >= 4 is 6.09 Å². The Hall–Kier alpha value is -1.69. The largest absolute Gasteiger partial charge is 0.444 e. The van der Waals surface area contributed by atoms with Crippen LogP contribution in [-0.4, -0.2) is 46.2 Å². The summed E-state index contributed by atoms with van der Waals surface area (Å²) in [6, 6.07) is 0.0578. The molecular formula is C13H20N4O2. The summed E-state index contributed by atoms with van der Waals surface area (Å²) in [7, 11) is 0. The quantitative estimate of drug-likeness (QED) is 0.829. The van der Waals surface area contributed by atoms with Gasteiger partial charge in [-0.1, -0.05) is 0 Å². The standard InChI is InChI=1S/C13H20N4O2/c1-13(2,3)19-12(18)17-5-4-16-11(8-17)10-6-14-9-15-7-10/h6-7,9,11,16H,4-5,8H2,1-3H3. The average molecular weight is 264 g/mol. The first-order valence-electron chi connectivity index (χ1n) is 6.42. The average Bonchev–Trinajstić information content (AvgIpc) is 2.38. The van der Waals surface area contributed by atoms with Gasteiger partial charge in [-0.3, -0.25) is 0 Å². The Morgan fingerprint density at radius 3 is 2.74 bits per heavy atom. The molecular weight excluding hydrogens is 244 g/mol. The number of aromatic nitrogens is 2. The Kier molecular flexibility index (Phi) is 3.99. The number of carbonyl (C=O) groups is 1. The van der Waals surface area contributed by atoms with Crippen molar-refractivity contribution in [1.29, 1.82) is 0 Å². The lowest BCUT2D eigenvalue weighted by atomic mass is 10.1. The molecule has 1 aliphatic rings. The van der Waals surface area contributed by atoms with Crippen molar-refractivity contribution < 1.29 is 9.53 Å². The maximum atomic E-state index is 12.0. The lowest BCUT2D eigenvalue weighted by Crippen LogP contribution is -2.49. The van der Waals surface area contributed by atoms with Crippen LogP contribution >= 0.6 is 0 Å². The summed E-state index contributed by atoms with van der Waals surface area (Å²) in [6.07, 6.45) is 4.76. The van der Waals surface area contributed by atoms with Gasteiger partial charge < -0.3 is 15.0 Å². The molecule has 104 valence electrons. The van der Waals surface area contributed by atoms with Gasteiger partial charge in [-0.05, 0) is 20.8 Å².